The Morgan fingerprint density at radius 1 is 1.08 bits per heavy atom. The fourth-order valence-electron chi connectivity index (χ4n) is 1.11. The first kappa shape index (κ1) is 10.5. The summed E-state index contributed by atoms with van der Waals surface area (Å²) in [4.78, 5) is 0. The Morgan fingerprint density at radius 3 is 2.08 bits per heavy atom. The molecule has 1 aromatic carbocycles. The van der Waals surface area contributed by atoms with Gasteiger partial charge in [-0.05, 0) is 17.0 Å². The van der Waals surface area contributed by atoms with Gasteiger partial charge in [0.2, 0.25) is 0 Å². The van der Waals surface area contributed by atoms with E-state index in [-0.39, 0.29) is 5.02 Å². The first-order valence-electron chi connectivity index (χ1n) is 3.98. The molecule has 0 atom stereocenters. The fourth-order valence-corrected chi connectivity index (χ4v) is 1.25. The first-order chi connectivity index (χ1) is 5.84. The van der Waals surface area contributed by atoms with Gasteiger partial charge in [-0.2, -0.15) is 0 Å². The summed E-state index contributed by atoms with van der Waals surface area (Å²) in [5.41, 5.74) is -0.0652. The van der Waals surface area contributed by atoms with Crippen molar-refractivity contribution < 1.29 is 8.78 Å². The highest BCUT2D eigenvalue weighted by molar-refractivity contribution is 6.30. The molecule has 0 aromatic heterocycles. The molecule has 0 heterocycles. The standard InChI is InChI=1S/C10H11ClF2/c1-10(2,3)6-4-5-7(11)9(13)8(6)12/h4-5H,1-3H3. The van der Waals surface area contributed by atoms with Gasteiger partial charge in [-0.1, -0.05) is 38.4 Å². The van der Waals surface area contributed by atoms with Gasteiger partial charge in [-0.25, -0.2) is 8.78 Å². The summed E-state index contributed by atoms with van der Waals surface area (Å²) in [5, 5.41) is -0.175. The molecule has 0 aliphatic rings. The third-order valence-electron chi connectivity index (χ3n) is 1.84. The SMILES string of the molecule is CC(C)(C)c1ccc(Cl)c(F)c1F. The summed E-state index contributed by atoms with van der Waals surface area (Å²) in [5.74, 6) is -1.81. The zero-order valence-corrected chi connectivity index (χ0v) is 8.54. The lowest BCUT2D eigenvalue weighted by Crippen LogP contribution is -2.14. The van der Waals surface area contributed by atoms with Gasteiger partial charge in [0, 0.05) is 0 Å². The topological polar surface area (TPSA) is 0 Å². The highest BCUT2D eigenvalue weighted by atomic mass is 35.5. The Balaban J connectivity index is 3.35. The molecular weight excluding hydrogens is 194 g/mol. The van der Waals surface area contributed by atoms with Crippen LogP contribution in [0.5, 0.6) is 0 Å². The average molecular weight is 205 g/mol. The quantitative estimate of drug-likeness (QED) is 0.562. The molecule has 13 heavy (non-hydrogen) atoms. The molecule has 0 spiro atoms. The lowest BCUT2D eigenvalue weighted by Gasteiger charge is -2.19. The highest BCUT2D eigenvalue weighted by Crippen LogP contribution is 2.29. The molecule has 0 fully saturated rings. The first-order valence-corrected chi connectivity index (χ1v) is 4.36. The van der Waals surface area contributed by atoms with Crippen LogP contribution in [0.1, 0.15) is 26.3 Å². The van der Waals surface area contributed by atoms with Crippen LogP contribution < -0.4 is 0 Å². The molecule has 3 heteroatoms. The summed E-state index contributed by atoms with van der Waals surface area (Å²) in [6.45, 7) is 5.45. The smallest absolute Gasteiger partial charge is 0.177 e. The van der Waals surface area contributed by atoms with E-state index in [0.717, 1.165) is 0 Å². The Hall–Kier alpha value is -0.630. The van der Waals surface area contributed by atoms with Crippen LogP contribution in [-0.4, -0.2) is 0 Å². The largest absolute Gasteiger partial charge is 0.203 e. The van der Waals surface area contributed by atoms with E-state index < -0.39 is 17.0 Å². The van der Waals surface area contributed by atoms with Crippen molar-refractivity contribution in [2.24, 2.45) is 0 Å². The van der Waals surface area contributed by atoms with Crippen molar-refractivity contribution in [3.63, 3.8) is 0 Å². The van der Waals surface area contributed by atoms with Gasteiger partial charge in [0.25, 0.3) is 0 Å². The van der Waals surface area contributed by atoms with Crippen molar-refractivity contribution in [3.8, 4) is 0 Å². The molecule has 0 saturated heterocycles. The van der Waals surface area contributed by atoms with Gasteiger partial charge in [0.1, 0.15) is 0 Å². The maximum Gasteiger partial charge on any atom is 0.177 e. The molecule has 0 radical (unpaired) electrons. The Morgan fingerprint density at radius 2 is 1.62 bits per heavy atom. The van der Waals surface area contributed by atoms with Crippen molar-refractivity contribution in [2.45, 2.75) is 26.2 Å². The van der Waals surface area contributed by atoms with Crippen molar-refractivity contribution in [2.75, 3.05) is 0 Å². The van der Waals surface area contributed by atoms with Crippen LogP contribution in [0.2, 0.25) is 5.02 Å². The molecule has 0 nitrogen and oxygen atoms in total. The van der Waals surface area contributed by atoms with Crippen LogP contribution in [0.3, 0.4) is 0 Å². The third-order valence-corrected chi connectivity index (χ3v) is 2.14. The van der Waals surface area contributed by atoms with E-state index in [0.29, 0.717) is 5.56 Å². The molecule has 0 bridgehead atoms. The van der Waals surface area contributed by atoms with Crippen LogP contribution in [0.4, 0.5) is 8.78 Å². The van der Waals surface area contributed by atoms with Crippen LogP contribution in [0, 0.1) is 11.6 Å². The lowest BCUT2D eigenvalue weighted by molar-refractivity contribution is 0.465. The number of hydrogen-bond acceptors (Lipinski definition) is 0. The van der Waals surface area contributed by atoms with E-state index in [1.165, 1.54) is 12.1 Å². The Labute approximate surface area is 81.5 Å². The summed E-state index contributed by atoms with van der Waals surface area (Å²) in [6.07, 6.45) is 0. The molecule has 1 aromatic rings. The van der Waals surface area contributed by atoms with Gasteiger partial charge in [-0.3, -0.25) is 0 Å². The van der Waals surface area contributed by atoms with E-state index in [2.05, 4.69) is 0 Å². The second kappa shape index (κ2) is 3.26. The maximum absolute atomic E-state index is 13.3. The molecule has 72 valence electrons. The Bertz CT molecular complexity index is 326. The minimum atomic E-state index is -0.964. The van der Waals surface area contributed by atoms with Gasteiger partial charge in [0.15, 0.2) is 11.6 Å². The zero-order chi connectivity index (χ0) is 10.2. The third kappa shape index (κ3) is 1.99. The zero-order valence-electron chi connectivity index (χ0n) is 7.79. The van der Waals surface area contributed by atoms with Gasteiger partial charge in [0.05, 0.1) is 5.02 Å². The van der Waals surface area contributed by atoms with Crippen LogP contribution >= 0.6 is 11.6 Å². The summed E-state index contributed by atoms with van der Waals surface area (Å²) >= 11 is 5.42. The van der Waals surface area contributed by atoms with Crippen LogP contribution in [-0.2, 0) is 5.41 Å². The summed E-state index contributed by atoms with van der Waals surface area (Å²) < 4.78 is 26.3. The van der Waals surface area contributed by atoms with Crippen molar-refractivity contribution >= 4 is 11.6 Å². The molecule has 0 saturated carbocycles. The number of hydrogen-bond donors (Lipinski definition) is 0. The molecule has 0 unspecified atom stereocenters. The molecule has 0 aliphatic heterocycles. The van der Waals surface area contributed by atoms with E-state index in [4.69, 9.17) is 11.6 Å². The van der Waals surface area contributed by atoms with Crippen molar-refractivity contribution in [3.05, 3.63) is 34.4 Å². The van der Waals surface area contributed by atoms with Crippen molar-refractivity contribution in [1.29, 1.82) is 0 Å². The minimum absolute atomic E-state index is 0.175. The number of rotatable bonds is 0. The van der Waals surface area contributed by atoms with Gasteiger partial charge < -0.3 is 0 Å². The van der Waals surface area contributed by atoms with E-state index in [1.54, 1.807) is 0 Å². The molecule has 0 amide bonds. The van der Waals surface area contributed by atoms with Crippen LogP contribution in [0.15, 0.2) is 12.1 Å². The lowest BCUT2D eigenvalue weighted by atomic mass is 9.86. The molecule has 0 aliphatic carbocycles. The van der Waals surface area contributed by atoms with E-state index in [1.807, 2.05) is 20.8 Å². The molecule has 0 N–H and O–H groups in total. The van der Waals surface area contributed by atoms with E-state index in [9.17, 15) is 8.78 Å². The highest BCUT2D eigenvalue weighted by Gasteiger charge is 2.21. The normalized spacial score (nSPS) is 11.8. The Kier molecular flexibility index (Phi) is 2.62. The molecule has 1 rings (SSSR count). The fraction of sp³-hybridized carbons (Fsp3) is 0.400. The monoisotopic (exact) mass is 204 g/mol. The van der Waals surface area contributed by atoms with E-state index >= 15 is 0 Å². The minimum Gasteiger partial charge on any atom is -0.203 e. The summed E-state index contributed by atoms with van der Waals surface area (Å²) in [6, 6.07) is 2.89. The number of benzene rings is 1. The maximum atomic E-state index is 13.3. The van der Waals surface area contributed by atoms with Gasteiger partial charge in [-0.15, -0.1) is 0 Å². The van der Waals surface area contributed by atoms with Crippen LogP contribution in [0.25, 0.3) is 0 Å². The number of halogens is 3. The summed E-state index contributed by atoms with van der Waals surface area (Å²) in [7, 11) is 0. The second-order valence-electron chi connectivity index (χ2n) is 3.97. The van der Waals surface area contributed by atoms with Gasteiger partial charge >= 0.3 is 0 Å². The predicted octanol–water partition coefficient (Wildman–Crippen LogP) is 3.92. The predicted molar refractivity (Wildman–Crippen MR) is 50.1 cm³/mol. The molecular formula is C10H11ClF2. The second-order valence-corrected chi connectivity index (χ2v) is 4.38. The average Bonchev–Trinajstić information content (AvgIpc) is 1.98. The van der Waals surface area contributed by atoms with Crippen molar-refractivity contribution in [1.82, 2.24) is 0 Å².